The zero-order chi connectivity index (χ0) is 19.9. The van der Waals surface area contributed by atoms with Gasteiger partial charge in [0.2, 0.25) is 0 Å². The summed E-state index contributed by atoms with van der Waals surface area (Å²) in [5.41, 5.74) is 7.54. The Labute approximate surface area is 167 Å². The van der Waals surface area contributed by atoms with Crippen molar-refractivity contribution in [2.75, 3.05) is 7.11 Å². The second kappa shape index (κ2) is 6.87. The number of methoxy groups -OCH3 is 1. The average molecular weight is 370 g/mol. The van der Waals surface area contributed by atoms with Crippen LogP contribution in [0.4, 0.5) is 0 Å². The molecule has 0 amide bonds. The Balaban J connectivity index is 1.91. The van der Waals surface area contributed by atoms with Crippen molar-refractivity contribution in [3.63, 3.8) is 0 Å². The lowest BCUT2D eigenvalue weighted by molar-refractivity contribution is 0.415. The quantitative estimate of drug-likeness (QED) is 0.382. The van der Waals surface area contributed by atoms with Crippen molar-refractivity contribution in [2.24, 2.45) is 0 Å². The third-order valence-electron chi connectivity index (χ3n) is 5.39. The lowest BCUT2D eigenvalue weighted by Gasteiger charge is -2.19. The molecular weight excluding hydrogens is 342 g/mol. The van der Waals surface area contributed by atoms with Crippen LogP contribution in [0.1, 0.15) is 31.9 Å². The van der Waals surface area contributed by atoms with Gasteiger partial charge in [0.15, 0.2) is 0 Å². The van der Waals surface area contributed by atoms with Gasteiger partial charge in [-0.2, -0.15) is 0 Å². The molecule has 0 radical (unpaired) electrons. The molecule has 0 aliphatic rings. The van der Waals surface area contributed by atoms with E-state index in [1.54, 1.807) is 7.11 Å². The van der Waals surface area contributed by atoms with E-state index in [2.05, 4.69) is 99.1 Å². The highest BCUT2D eigenvalue weighted by Crippen LogP contribution is 2.36. The van der Waals surface area contributed by atoms with Gasteiger partial charge in [-0.05, 0) is 53.8 Å². The highest BCUT2D eigenvalue weighted by Gasteiger charge is 2.16. The highest BCUT2D eigenvalue weighted by molar-refractivity contribution is 5.98. The van der Waals surface area contributed by atoms with E-state index in [4.69, 9.17) is 4.74 Å². The minimum absolute atomic E-state index is 0.150. The normalized spacial score (nSPS) is 11.8. The average Bonchev–Trinajstić information content (AvgIpc) is 3.06. The van der Waals surface area contributed by atoms with E-state index in [9.17, 15) is 0 Å². The van der Waals surface area contributed by atoms with Crippen molar-refractivity contribution in [3.05, 3.63) is 84.1 Å². The minimum atomic E-state index is 0.150. The Hall–Kier alpha value is -3.00. The number of rotatable bonds is 3. The third kappa shape index (κ3) is 3.31. The number of aryl methyl sites for hydroxylation is 1. The minimum Gasteiger partial charge on any atom is -0.497 e. The first-order valence-corrected chi connectivity index (χ1v) is 9.74. The molecule has 1 aromatic heterocycles. The van der Waals surface area contributed by atoms with Crippen molar-refractivity contribution in [1.82, 2.24) is 4.57 Å². The van der Waals surface area contributed by atoms with Gasteiger partial charge in [0.25, 0.3) is 0 Å². The maximum absolute atomic E-state index is 5.50. The summed E-state index contributed by atoms with van der Waals surface area (Å²) in [6.45, 7) is 8.85. The molecule has 0 unspecified atom stereocenters. The Morgan fingerprint density at radius 1 is 0.821 bits per heavy atom. The number of ether oxygens (including phenoxy) is 1. The van der Waals surface area contributed by atoms with Crippen molar-refractivity contribution in [1.29, 1.82) is 0 Å². The summed E-state index contributed by atoms with van der Waals surface area (Å²) in [7, 11) is 1.72. The first-order valence-electron chi connectivity index (χ1n) is 9.74. The molecule has 3 aromatic carbocycles. The molecule has 2 heteroatoms. The Kier molecular flexibility index (Phi) is 4.50. The molecule has 0 aliphatic carbocycles. The summed E-state index contributed by atoms with van der Waals surface area (Å²) in [6.07, 6.45) is 2.24. The molecule has 2 nitrogen and oxygen atoms in total. The van der Waals surface area contributed by atoms with E-state index in [-0.39, 0.29) is 5.41 Å². The molecule has 0 bridgehead atoms. The maximum atomic E-state index is 5.50. The summed E-state index contributed by atoms with van der Waals surface area (Å²) in [6, 6.07) is 23.9. The second-order valence-corrected chi connectivity index (χ2v) is 8.46. The lowest BCUT2D eigenvalue weighted by atomic mass is 9.86. The number of hydrogen-bond donors (Lipinski definition) is 0. The molecule has 0 spiro atoms. The van der Waals surface area contributed by atoms with Gasteiger partial charge in [-0.3, -0.25) is 0 Å². The van der Waals surface area contributed by atoms with Crippen molar-refractivity contribution in [3.8, 4) is 22.6 Å². The van der Waals surface area contributed by atoms with Crippen molar-refractivity contribution < 1.29 is 4.74 Å². The van der Waals surface area contributed by atoms with Crippen LogP contribution in [0.3, 0.4) is 0 Å². The molecule has 0 atom stereocenters. The van der Waals surface area contributed by atoms with E-state index >= 15 is 0 Å². The fraction of sp³-hybridized carbons (Fsp3) is 0.231. The Bertz CT molecular complexity index is 1110. The van der Waals surface area contributed by atoms with Gasteiger partial charge in [0.1, 0.15) is 5.75 Å². The number of benzene rings is 3. The molecule has 4 rings (SSSR count). The van der Waals surface area contributed by atoms with Crippen molar-refractivity contribution in [2.45, 2.75) is 33.1 Å². The van der Waals surface area contributed by atoms with Gasteiger partial charge in [-0.1, -0.05) is 62.7 Å². The van der Waals surface area contributed by atoms with E-state index in [1.807, 2.05) is 6.07 Å². The fourth-order valence-corrected chi connectivity index (χ4v) is 3.63. The summed E-state index contributed by atoms with van der Waals surface area (Å²) in [5, 5.41) is 1.20. The second-order valence-electron chi connectivity index (χ2n) is 8.46. The molecule has 4 aromatic rings. The van der Waals surface area contributed by atoms with Crippen LogP contribution in [0.25, 0.3) is 27.7 Å². The first-order chi connectivity index (χ1) is 13.4. The Morgan fingerprint density at radius 3 is 2.11 bits per heavy atom. The van der Waals surface area contributed by atoms with E-state index in [0.717, 1.165) is 5.75 Å². The zero-order valence-corrected chi connectivity index (χ0v) is 17.3. The molecule has 0 saturated heterocycles. The molecule has 142 valence electrons. The van der Waals surface area contributed by atoms with E-state index < -0.39 is 0 Å². The molecule has 28 heavy (non-hydrogen) atoms. The Morgan fingerprint density at radius 2 is 1.50 bits per heavy atom. The largest absolute Gasteiger partial charge is 0.497 e. The van der Waals surface area contributed by atoms with Crippen molar-refractivity contribution >= 4 is 10.9 Å². The maximum Gasteiger partial charge on any atom is 0.119 e. The monoisotopic (exact) mass is 369 g/mol. The number of hydrogen-bond acceptors (Lipinski definition) is 1. The number of nitrogens with zero attached hydrogens (tertiary/aromatic N) is 1. The number of aromatic nitrogens is 1. The summed E-state index contributed by atoms with van der Waals surface area (Å²) in [5.74, 6) is 0.877. The molecular formula is C26H27NO. The van der Waals surface area contributed by atoms with Crippen LogP contribution in [-0.4, -0.2) is 11.7 Å². The van der Waals surface area contributed by atoms with Gasteiger partial charge in [0.05, 0.1) is 12.6 Å². The summed E-state index contributed by atoms with van der Waals surface area (Å²) in [4.78, 5) is 0. The van der Waals surface area contributed by atoms with Crippen LogP contribution in [0.15, 0.2) is 72.9 Å². The lowest BCUT2D eigenvalue weighted by Crippen LogP contribution is -2.10. The summed E-state index contributed by atoms with van der Waals surface area (Å²) < 4.78 is 7.76. The van der Waals surface area contributed by atoms with Crippen LogP contribution < -0.4 is 4.74 Å². The van der Waals surface area contributed by atoms with Gasteiger partial charge >= 0.3 is 0 Å². The molecule has 0 fully saturated rings. The smallest absolute Gasteiger partial charge is 0.119 e. The molecule has 1 heterocycles. The topological polar surface area (TPSA) is 14.2 Å². The predicted molar refractivity (Wildman–Crippen MR) is 119 cm³/mol. The van der Waals surface area contributed by atoms with Crippen LogP contribution in [0.2, 0.25) is 0 Å². The molecule has 0 aliphatic heterocycles. The van der Waals surface area contributed by atoms with Crippen LogP contribution in [0, 0.1) is 6.92 Å². The summed E-state index contributed by atoms with van der Waals surface area (Å²) >= 11 is 0. The van der Waals surface area contributed by atoms with Gasteiger partial charge in [0, 0.05) is 22.8 Å². The van der Waals surface area contributed by atoms with E-state index in [1.165, 1.54) is 38.8 Å². The third-order valence-corrected chi connectivity index (χ3v) is 5.39. The molecule has 0 saturated carbocycles. The highest BCUT2D eigenvalue weighted by atomic mass is 16.5. The standard InChI is InChI=1S/C26H27NO/c1-18-6-12-21(13-7-18)27-17-24(23-16-22(28-5)14-15-25(23)27)19-8-10-20(11-9-19)26(2,3)4/h6-17H,1-5H3. The fourth-order valence-electron chi connectivity index (χ4n) is 3.63. The first kappa shape index (κ1) is 18.4. The van der Waals surface area contributed by atoms with Crippen LogP contribution in [-0.2, 0) is 5.41 Å². The SMILES string of the molecule is COc1ccc2c(c1)c(-c1ccc(C(C)(C)C)cc1)cn2-c1ccc(C)cc1. The zero-order valence-electron chi connectivity index (χ0n) is 17.3. The van der Waals surface area contributed by atoms with Gasteiger partial charge < -0.3 is 9.30 Å². The predicted octanol–water partition coefficient (Wildman–Crippen LogP) is 6.91. The van der Waals surface area contributed by atoms with Crippen LogP contribution in [0.5, 0.6) is 5.75 Å². The molecule has 0 N–H and O–H groups in total. The number of fused-ring (bicyclic) bond motifs is 1. The van der Waals surface area contributed by atoms with E-state index in [0.29, 0.717) is 0 Å². The van der Waals surface area contributed by atoms with Gasteiger partial charge in [-0.15, -0.1) is 0 Å². The van der Waals surface area contributed by atoms with Gasteiger partial charge in [-0.25, -0.2) is 0 Å². The van der Waals surface area contributed by atoms with Crippen LogP contribution >= 0.6 is 0 Å².